The number of amides is 1. The largest absolute Gasteiger partial charge is 0.344 e. The van der Waals surface area contributed by atoms with E-state index in [1.807, 2.05) is 11.0 Å². The molecule has 2 fully saturated rings. The van der Waals surface area contributed by atoms with Crippen LogP contribution in [0.2, 0.25) is 0 Å². The topological polar surface area (TPSA) is 51.3 Å². The number of hydrogen-bond acceptors (Lipinski definition) is 2. The summed E-state index contributed by atoms with van der Waals surface area (Å²) < 4.78 is 2.24. The number of rotatable bonds is 3. The second-order valence-electron chi connectivity index (χ2n) is 7.73. The van der Waals surface area contributed by atoms with Crippen molar-refractivity contribution in [2.24, 2.45) is 17.6 Å². The molecule has 132 valence electrons. The number of fused-ring (bicyclic) bond motifs is 1. The molecule has 1 aliphatic carbocycles. The van der Waals surface area contributed by atoms with Crippen molar-refractivity contribution in [3.63, 3.8) is 0 Å². The van der Waals surface area contributed by atoms with Crippen molar-refractivity contribution in [1.29, 1.82) is 0 Å². The number of carbonyl (C=O) groups is 1. The van der Waals surface area contributed by atoms with E-state index in [0.29, 0.717) is 11.8 Å². The fourth-order valence-corrected chi connectivity index (χ4v) is 4.67. The predicted octanol–water partition coefficient (Wildman–Crippen LogP) is 2.96. The van der Waals surface area contributed by atoms with Crippen LogP contribution in [-0.2, 0) is 6.54 Å². The Kier molecular flexibility index (Phi) is 4.16. The van der Waals surface area contributed by atoms with E-state index in [0.717, 1.165) is 43.0 Å². The highest BCUT2D eigenvalue weighted by Crippen LogP contribution is 2.37. The van der Waals surface area contributed by atoms with Gasteiger partial charge >= 0.3 is 0 Å². The number of carbonyl (C=O) groups excluding carboxylic acids is 1. The third kappa shape index (κ3) is 2.89. The van der Waals surface area contributed by atoms with E-state index >= 15 is 0 Å². The molecule has 1 aromatic heterocycles. The molecule has 2 heterocycles. The van der Waals surface area contributed by atoms with Crippen LogP contribution in [0.4, 0.5) is 0 Å². The fraction of sp³-hybridized carbons (Fsp3) is 0.476. The summed E-state index contributed by atoms with van der Waals surface area (Å²) in [6.07, 6.45) is 2.28. The minimum Gasteiger partial charge on any atom is -0.344 e. The quantitative estimate of drug-likeness (QED) is 0.936. The molecule has 2 N–H and O–H groups in total. The lowest BCUT2D eigenvalue weighted by Crippen LogP contribution is -2.33. The van der Waals surface area contributed by atoms with Crippen molar-refractivity contribution >= 4 is 5.91 Å². The Morgan fingerprint density at radius 1 is 1.16 bits per heavy atom. The summed E-state index contributed by atoms with van der Waals surface area (Å²) in [6, 6.07) is 12.7. The average molecular weight is 337 g/mol. The van der Waals surface area contributed by atoms with Gasteiger partial charge in [0.25, 0.3) is 5.91 Å². The Morgan fingerprint density at radius 3 is 2.64 bits per heavy atom. The molecule has 0 spiro atoms. The smallest absolute Gasteiger partial charge is 0.255 e. The molecule has 3 unspecified atom stereocenters. The number of nitrogens with zero attached hydrogens (tertiary/aromatic N) is 2. The first-order valence-electron chi connectivity index (χ1n) is 9.30. The van der Waals surface area contributed by atoms with Gasteiger partial charge in [-0.05, 0) is 50.2 Å². The van der Waals surface area contributed by atoms with Crippen LogP contribution in [-0.4, -0.2) is 34.5 Å². The molecule has 25 heavy (non-hydrogen) atoms. The zero-order valence-corrected chi connectivity index (χ0v) is 15.1. The van der Waals surface area contributed by atoms with E-state index in [9.17, 15) is 4.79 Å². The van der Waals surface area contributed by atoms with E-state index in [1.165, 1.54) is 12.0 Å². The summed E-state index contributed by atoms with van der Waals surface area (Å²) in [5, 5.41) is 0. The number of aromatic nitrogens is 1. The second-order valence-corrected chi connectivity index (χ2v) is 7.73. The lowest BCUT2D eigenvalue weighted by Gasteiger charge is -2.19. The molecule has 4 rings (SSSR count). The predicted molar refractivity (Wildman–Crippen MR) is 99.5 cm³/mol. The maximum absolute atomic E-state index is 13.1. The van der Waals surface area contributed by atoms with Crippen molar-refractivity contribution < 1.29 is 4.79 Å². The molecule has 0 bridgehead atoms. The maximum Gasteiger partial charge on any atom is 0.255 e. The highest BCUT2D eigenvalue weighted by Gasteiger charge is 2.42. The molecule has 1 saturated heterocycles. The van der Waals surface area contributed by atoms with Gasteiger partial charge in [0.05, 0.1) is 5.56 Å². The summed E-state index contributed by atoms with van der Waals surface area (Å²) in [6.45, 7) is 6.65. The van der Waals surface area contributed by atoms with Crippen LogP contribution < -0.4 is 5.73 Å². The molecule has 1 aromatic carbocycles. The molecular weight excluding hydrogens is 310 g/mol. The minimum atomic E-state index is 0.175. The first kappa shape index (κ1) is 16.4. The normalized spacial score (nSPS) is 25.4. The Hall–Kier alpha value is -2.07. The summed E-state index contributed by atoms with van der Waals surface area (Å²) in [5.74, 6) is 1.28. The molecule has 2 aliphatic rings. The van der Waals surface area contributed by atoms with Gasteiger partial charge in [-0.2, -0.15) is 0 Å². The van der Waals surface area contributed by atoms with Gasteiger partial charge in [-0.25, -0.2) is 0 Å². The SMILES string of the molecule is Cc1cc(C(=O)N2CC3CCC(N)C3C2)c(C)n1Cc1ccccc1. The lowest BCUT2D eigenvalue weighted by atomic mass is 9.98. The fourth-order valence-electron chi connectivity index (χ4n) is 4.67. The third-order valence-corrected chi connectivity index (χ3v) is 6.19. The number of hydrogen-bond donors (Lipinski definition) is 1. The van der Waals surface area contributed by atoms with Gasteiger partial charge < -0.3 is 15.2 Å². The van der Waals surface area contributed by atoms with E-state index in [1.54, 1.807) is 0 Å². The van der Waals surface area contributed by atoms with Gasteiger partial charge in [0.1, 0.15) is 0 Å². The van der Waals surface area contributed by atoms with Crippen molar-refractivity contribution in [2.75, 3.05) is 13.1 Å². The Balaban J connectivity index is 1.55. The van der Waals surface area contributed by atoms with Crippen LogP contribution in [0.15, 0.2) is 36.4 Å². The van der Waals surface area contributed by atoms with E-state index in [-0.39, 0.29) is 11.9 Å². The standard InChI is InChI=1S/C21H27N3O/c1-14-10-18(15(2)24(14)11-16-6-4-3-5-7-16)21(25)23-12-17-8-9-20(22)19(17)13-23/h3-7,10,17,19-20H,8-9,11-13,22H2,1-2H3. The average Bonchev–Trinajstić information content (AvgIpc) is 3.26. The molecule has 0 radical (unpaired) electrons. The molecule has 2 aromatic rings. The second kappa shape index (κ2) is 6.34. The molecule has 1 saturated carbocycles. The molecule has 3 atom stereocenters. The van der Waals surface area contributed by atoms with Gasteiger partial charge in [-0.1, -0.05) is 30.3 Å². The minimum absolute atomic E-state index is 0.175. The van der Waals surface area contributed by atoms with Crippen LogP contribution in [0, 0.1) is 25.7 Å². The Morgan fingerprint density at radius 2 is 1.92 bits per heavy atom. The highest BCUT2D eigenvalue weighted by molar-refractivity contribution is 5.96. The zero-order valence-electron chi connectivity index (χ0n) is 15.1. The van der Waals surface area contributed by atoms with Crippen LogP contribution in [0.25, 0.3) is 0 Å². The Bertz CT molecular complexity index is 780. The van der Waals surface area contributed by atoms with Crippen LogP contribution >= 0.6 is 0 Å². The number of nitrogens with two attached hydrogens (primary N) is 1. The van der Waals surface area contributed by atoms with Crippen molar-refractivity contribution in [3.8, 4) is 0 Å². The molecule has 1 aliphatic heterocycles. The maximum atomic E-state index is 13.1. The van der Waals surface area contributed by atoms with Crippen LogP contribution in [0.5, 0.6) is 0 Å². The molecule has 1 amide bonds. The number of benzene rings is 1. The summed E-state index contributed by atoms with van der Waals surface area (Å²) in [4.78, 5) is 15.1. The van der Waals surface area contributed by atoms with Gasteiger partial charge in [0, 0.05) is 37.1 Å². The Labute approximate surface area is 149 Å². The van der Waals surface area contributed by atoms with Crippen LogP contribution in [0.3, 0.4) is 0 Å². The highest BCUT2D eigenvalue weighted by atomic mass is 16.2. The first-order chi connectivity index (χ1) is 12.0. The van der Waals surface area contributed by atoms with Crippen molar-refractivity contribution in [2.45, 2.75) is 39.3 Å². The van der Waals surface area contributed by atoms with E-state index < -0.39 is 0 Å². The number of likely N-dealkylation sites (tertiary alicyclic amines) is 1. The molecule has 4 nitrogen and oxygen atoms in total. The number of aryl methyl sites for hydroxylation is 1. The van der Waals surface area contributed by atoms with Crippen molar-refractivity contribution in [3.05, 3.63) is 58.9 Å². The summed E-state index contributed by atoms with van der Waals surface area (Å²) in [5.41, 5.74) is 10.5. The third-order valence-electron chi connectivity index (χ3n) is 6.19. The lowest BCUT2D eigenvalue weighted by molar-refractivity contribution is 0.0778. The van der Waals surface area contributed by atoms with Gasteiger partial charge in [-0.3, -0.25) is 4.79 Å². The summed E-state index contributed by atoms with van der Waals surface area (Å²) >= 11 is 0. The first-order valence-corrected chi connectivity index (χ1v) is 9.30. The van der Waals surface area contributed by atoms with Crippen molar-refractivity contribution in [1.82, 2.24) is 9.47 Å². The molecular formula is C21H27N3O. The van der Waals surface area contributed by atoms with Crippen LogP contribution in [0.1, 0.15) is 40.2 Å². The van der Waals surface area contributed by atoms with Gasteiger partial charge in [0.2, 0.25) is 0 Å². The zero-order chi connectivity index (χ0) is 17.6. The van der Waals surface area contributed by atoms with E-state index in [4.69, 9.17) is 5.73 Å². The summed E-state index contributed by atoms with van der Waals surface area (Å²) in [7, 11) is 0. The molecule has 4 heteroatoms. The van der Waals surface area contributed by atoms with Gasteiger partial charge in [-0.15, -0.1) is 0 Å². The monoisotopic (exact) mass is 337 g/mol. The van der Waals surface area contributed by atoms with E-state index in [2.05, 4.69) is 48.7 Å². The van der Waals surface area contributed by atoms with Gasteiger partial charge in [0.15, 0.2) is 0 Å².